The number of nitrogens with zero attached hydrogens (tertiary/aromatic N) is 2. The number of hydrogen-bond donors (Lipinski definition) is 1. The normalized spacial score (nSPS) is 23.6. The van der Waals surface area contributed by atoms with Gasteiger partial charge in [0, 0.05) is 31.0 Å². The van der Waals surface area contributed by atoms with Gasteiger partial charge in [0.05, 0.1) is 12.2 Å². The minimum Gasteiger partial charge on any atom is -0.480 e. The number of hydrogen-bond acceptors (Lipinski definition) is 4. The Labute approximate surface area is 143 Å². The molecule has 0 aromatic heterocycles. The van der Waals surface area contributed by atoms with E-state index in [0.717, 1.165) is 6.07 Å². The molecule has 1 spiro atoms. The van der Waals surface area contributed by atoms with Crippen LogP contribution in [0.4, 0.5) is 4.39 Å². The second-order valence-electron chi connectivity index (χ2n) is 6.21. The number of rotatable bonds is 2. The smallest absolute Gasteiger partial charge is 0.328 e. The predicted octanol–water partition coefficient (Wildman–Crippen LogP) is 1.83. The molecule has 1 aromatic carbocycles. The highest BCUT2D eigenvalue weighted by molar-refractivity contribution is 6.30. The zero-order chi connectivity index (χ0) is 17.5. The molecule has 1 aromatic rings. The molecular formula is C16H18ClFN2O4. The number of aliphatic carboxylic acids is 1. The van der Waals surface area contributed by atoms with Gasteiger partial charge in [-0.3, -0.25) is 9.69 Å². The SMILES string of the molecule is CN1CCC2(CC1)OC[C@@H](C(=O)O)N2C(=O)c1ccc(Cl)cc1F. The first-order valence-corrected chi connectivity index (χ1v) is 8.06. The van der Waals surface area contributed by atoms with Gasteiger partial charge in [-0.15, -0.1) is 0 Å². The van der Waals surface area contributed by atoms with Gasteiger partial charge < -0.3 is 14.7 Å². The average Bonchev–Trinajstić information content (AvgIpc) is 2.89. The van der Waals surface area contributed by atoms with Crippen LogP contribution in [0.15, 0.2) is 18.2 Å². The van der Waals surface area contributed by atoms with Crippen molar-refractivity contribution in [2.24, 2.45) is 0 Å². The van der Waals surface area contributed by atoms with Gasteiger partial charge in [-0.25, -0.2) is 9.18 Å². The lowest BCUT2D eigenvalue weighted by molar-refractivity contribution is -0.143. The van der Waals surface area contributed by atoms with Gasteiger partial charge in [0.1, 0.15) is 11.5 Å². The summed E-state index contributed by atoms with van der Waals surface area (Å²) in [5.41, 5.74) is -1.20. The Hall–Kier alpha value is -1.70. The topological polar surface area (TPSA) is 70.1 Å². The molecule has 2 aliphatic rings. The Balaban J connectivity index is 1.98. The zero-order valence-corrected chi connectivity index (χ0v) is 13.9. The molecule has 0 bridgehead atoms. The number of carboxylic acid groups (broad SMARTS) is 1. The summed E-state index contributed by atoms with van der Waals surface area (Å²) in [6.07, 6.45) is 0.961. The lowest BCUT2D eigenvalue weighted by atomic mass is 9.97. The summed E-state index contributed by atoms with van der Waals surface area (Å²) in [4.78, 5) is 27.8. The Bertz CT molecular complexity index is 676. The van der Waals surface area contributed by atoms with E-state index in [0.29, 0.717) is 25.9 Å². The fraction of sp³-hybridized carbons (Fsp3) is 0.500. The van der Waals surface area contributed by atoms with Crippen LogP contribution in [0.5, 0.6) is 0 Å². The van der Waals surface area contributed by atoms with Crippen LogP contribution in [0, 0.1) is 5.82 Å². The molecule has 2 saturated heterocycles. The molecule has 3 rings (SSSR count). The van der Waals surface area contributed by atoms with Gasteiger partial charge in [-0.05, 0) is 25.2 Å². The Morgan fingerprint density at radius 3 is 2.62 bits per heavy atom. The average molecular weight is 357 g/mol. The highest BCUT2D eigenvalue weighted by Gasteiger charge is 2.54. The summed E-state index contributed by atoms with van der Waals surface area (Å²) < 4.78 is 19.9. The van der Waals surface area contributed by atoms with Gasteiger partial charge in [-0.1, -0.05) is 11.6 Å². The molecule has 8 heteroatoms. The van der Waals surface area contributed by atoms with Crippen molar-refractivity contribution in [3.05, 3.63) is 34.6 Å². The van der Waals surface area contributed by atoms with E-state index < -0.39 is 29.5 Å². The van der Waals surface area contributed by atoms with Crippen LogP contribution < -0.4 is 0 Å². The quantitative estimate of drug-likeness (QED) is 0.875. The lowest BCUT2D eigenvalue weighted by Gasteiger charge is -2.43. The maximum atomic E-state index is 14.2. The Morgan fingerprint density at radius 1 is 1.38 bits per heavy atom. The number of piperidine rings is 1. The van der Waals surface area contributed by atoms with Crippen molar-refractivity contribution in [1.29, 1.82) is 0 Å². The van der Waals surface area contributed by atoms with E-state index >= 15 is 0 Å². The Kier molecular flexibility index (Phi) is 4.50. The molecule has 1 atom stereocenters. The number of carbonyl (C=O) groups is 2. The summed E-state index contributed by atoms with van der Waals surface area (Å²) in [6, 6.07) is 2.60. The molecule has 24 heavy (non-hydrogen) atoms. The highest BCUT2D eigenvalue weighted by atomic mass is 35.5. The van der Waals surface area contributed by atoms with E-state index in [2.05, 4.69) is 4.90 Å². The number of carboxylic acids is 1. The van der Waals surface area contributed by atoms with E-state index in [1.165, 1.54) is 17.0 Å². The van der Waals surface area contributed by atoms with E-state index in [4.69, 9.17) is 16.3 Å². The molecule has 2 heterocycles. The first kappa shape index (κ1) is 17.1. The van der Waals surface area contributed by atoms with Crippen LogP contribution in [-0.4, -0.2) is 65.3 Å². The van der Waals surface area contributed by atoms with Gasteiger partial charge in [0.25, 0.3) is 5.91 Å². The second kappa shape index (κ2) is 6.31. The van der Waals surface area contributed by atoms with Gasteiger partial charge in [0.2, 0.25) is 0 Å². The molecule has 1 amide bonds. The highest BCUT2D eigenvalue weighted by Crippen LogP contribution is 2.38. The van der Waals surface area contributed by atoms with Crippen molar-refractivity contribution in [2.75, 3.05) is 26.7 Å². The molecule has 0 unspecified atom stereocenters. The Morgan fingerprint density at radius 2 is 2.04 bits per heavy atom. The zero-order valence-electron chi connectivity index (χ0n) is 13.2. The molecule has 130 valence electrons. The van der Waals surface area contributed by atoms with Crippen LogP contribution >= 0.6 is 11.6 Å². The number of likely N-dealkylation sites (tertiary alicyclic amines) is 1. The third-order valence-corrected chi connectivity index (χ3v) is 4.93. The van der Waals surface area contributed by atoms with Gasteiger partial charge in [-0.2, -0.15) is 0 Å². The second-order valence-corrected chi connectivity index (χ2v) is 6.65. The molecule has 0 radical (unpaired) electrons. The molecule has 0 aliphatic carbocycles. The molecule has 6 nitrogen and oxygen atoms in total. The minimum absolute atomic E-state index is 0.0972. The fourth-order valence-corrected chi connectivity index (χ4v) is 3.48. The summed E-state index contributed by atoms with van der Waals surface area (Å²) in [6.45, 7) is 1.23. The van der Waals surface area contributed by atoms with Crippen LogP contribution in [0.25, 0.3) is 0 Å². The number of halogens is 2. The monoisotopic (exact) mass is 356 g/mol. The number of benzene rings is 1. The van der Waals surface area contributed by atoms with Crippen molar-refractivity contribution in [3.63, 3.8) is 0 Å². The van der Waals surface area contributed by atoms with Crippen molar-refractivity contribution >= 4 is 23.5 Å². The fourth-order valence-electron chi connectivity index (χ4n) is 3.32. The van der Waals surface area contributed by atoms with Crippen LogP contribution in [0.2, 0.25) is 5.02 Å². The summed E-state index contributed by atoms with van der Waals surface area (Å²) >= 11 is 5.73. The van der Waals surface area contributed by atoms with E-state index in [9.17, 15) is 19.1 Å². The summed E-state index contributed by atoms with van der Waals surface area (Å²) in [7, 11) is 1.95. The molecular weight excluding hydrogens is 339 g/mol. The minimum atomic E-state index is -1.16. The number of carbonyl (C=O) groups excluding carboxylic acids is 1. The van der Waals surface area contributed by atoms with E-state index in [1.807, 2.05) is 7.05 Å². The van der Waals surface area contributed by atoms with Crippen LogP contribution in [0.3, 0.4) is 0 Å². The lowest BCUT2D eigenvalue weighted by Crippen LogP contribution is -2.57. The van der Waals surface area contributed by atoms with Crippen molar-refractivity contribution in [2.45, 2.75) is 24.6 Å². The van der Waals surface area contributed by atoms with Crippen LogP contribution in [-0.2, 0) is 9.53 Å². The first-order valence-electron chi connectivity index (χ1n) is 7.68. The maximum absolute atomic E-state index is 14.2. The third-order valence-electron chi connectivity index (χ3n) is 4.69. The van der Waals surface area contributed by atoms with E-state index in [1.54, 1.807) is 0 Å². The van der Waals surface area contributed by atoms with Gasteiger partial charge >= 0.3 is 5.97 Å². The van der Waals surface area contributed by atoms with Gasteiger partial charge in [0.15, 0.2) is 6.04 Å². The summed E-state index contributed by atoms with van der Waals surface area (Å²) in [5.74, 6) is -2.61. The molecule has 0 saturated carbocycles. The third kappa shape index (κ3) is 2.87. The largest absolute Gasteiger partial charge is 0.480 e. The predicted molar refractivity (Wildman–Crippen MR) is 84.4 cm³/mol. The summed E-state index contributed by atoms with van der Waals surface area (Å²) in [5, 5.41) is 9.63. The van der Waals surface area contributed by atoms with Crippen molar-refractivity contribution < 1.29 is 23.8 Å². The maximum Gasteiger partial charge on any atom is 0.328 e. The number of ether oxygens (including phenoxy) is 1. The standard InChI is InChI=1S/C16H18ClFN2O4/c1-19-6-4-16(5-7-19)20(13(9-24-16)15(22)23)14(21)11-3-2-10(17)8-12(11)18/h2-3,8,13H,4-7,9H2,1H3,(H,22,23)/t13-/m0/s1. The molecule has 2 fully saturated rings. The first-order chi connectivity index (χ1) is 11.3. The number of amides is 1. The van der Waals surface area contributed by atoms with Crippen molar-refractivity contribution in [1.82, 2.24) is 9.80 Å². The molecule has 1 N–H and O–H groups in total. The van der Waals surface area contributed by atoms with Crippen LogP contribution in [0.1, 0.15) is 23.2 Å². The van der Waals surface area contributed by atoms with Crippen molar-refractivity contribution in [3.8, 4) is 0 Å². The van der Waals surface area contributed by atoms with E-state index in [-0.39, 0.29) is 17.2 Å². The molecule has 2 aliphatic heterocycles.